The number of carbonyl (C=O) groups is 1. The van der Waals surface area contributed by atoms with Crippen LogP contribution in [0.15, 0.2) is 36.4 Å². The minimum atomic E-state index is -0.333. The van der Waals surface area contributed by atoms with Crippen molar-refractivity contribution in [2.45, 2.75) is 20.8 Å². The lowest BCUT2D eigenvalue weighted by molar-refractivity contribution is 0.102. The van der Waals surface area contributed by atoms with E-state index in [-0.39, 0.29) is 11.7 Å². The van der Waals surface area contributed by atoms with Crippen molar-refractivity contribution in [2.24, 2.45) is 0 Å². The van der Waals surface area contributed by atoms with Crippen molar-refractivity contribution >= 4 is 11.6 Å². The van der Waals surface area contributed by atoms with Crippen molar-refractivity contribution in [3.05, 3.63) is 64.5 Å². The van der Waals surface area contributed by atoms with Gasteiger partial charge < -0.3 is 5.32 Å². The Hall–Kier alpha value is -2.16. The highest BCUT2D eigenvalue weighted by atomic mass is 19.1. The second-order valence-corrected chi connectivity index (χ2v) is 4.66. The summed E-state index contributed by atoms with van der Waals surface area (Å²) in [4.78, 5) is 12.2. The van der Waals surface area contributed by atoms with Gasteiger partial charge in [0.25, 0.3) is 5.91 Å². The van der Waals surface area contributed by atoms with Gasteiger partial charge in [0, 0.05) is 11.3 Å². The largest absolute Gasteiger partial charge is 0.322 e. The summed E-state index contributed by atoms with van der Waals surface area (Å²) in [5, 5.41) is 2.87. The maximum absolute atomic E-state index is 13.0. The normalized spacial score (nSPS) is 10.3. The van der Waals surface area contributed by atoms with Crippen LogP contribution in [0.25, 0.3) is 0 Å². The van der Waals surface area contributed by atoms with E-state index in [1.54, 1.807) is 6.92 Å². The molecule has 0 aliphatic rings. The molecule has 3 heteroatoms. The van der Waals surface area contributed by atoms with E-state index in [1.165, 1.54) is 18.2 Å². The van der Waals surface area contributed by atoms with Crippen molar-refractivity contribution < 1.29 is 9.18 Å². The molecule has 2 aromatic rings. The van der Waals surface area contributed by atoms with Crippen LogP contribution in [-0.4, -0.2) is 5.91 Å². The van der Waals surface area contributed by atoms with Gasteiger partial charge in [-0.05, 0) is 61.7 Å². The van der Waals surface area contributed by atoms with Crippen molar-refractivity contribution in [3.63, 3.8) is 0 Å². The van der Waals surface area contributed by atoms with Gasteiger partial charge in [-0.2, -0.15) is 0 Å². The van der Waals surface area contributed by atoms with Gasteiger partial charge in [-0.15, -0.1) is 0 Å². The second-order valence-electron chi connectivity index (χ2n) is 4.66. The number of rotatable bonds is 2. The number of hydrogen-bond acceptors (Lipinski definition) is 1. The third kappa shape index (κ3) is 2.81. The van der Waals surface area contributed by atoms with Gasteiger partial charge >= 0.3 is 0 Å². The number of nitrogens with one attached hydrogen (secondary N) is 1. The molecule has 2 aromatic carbocycles. The highest BCUT2D eigenvalue weighted by Gasteiger charge is 2.11. The molecule has 0 radical (unpaired) electrons. The number of carbonyl (C=O) groups excluding carboxylic acids is 1. The molecule has 0 fully saturated rings. The smallest absolute Gasteiger partial charge is 0.255 e. The Labute approximate surface area is 112 Å². The Kier molecular flexibility index (Phi) is 3.65. The van der Waals surface area contributed by atoms with Crippen LogP contribution in [0.3, 0.4) is 0 Å². The molecule has 0 aromatic heterocycles. The summed E-state index contributed by atoms with van der Waals surface area (Å²) in [6.45, 7) is 5.68. The SMILES string of the molecule is Cc1cc(F)ccc1C(=O)Nc1cccc(C)c1C. The van der Waals surface area contributed by atoms with E-state index in [4.69, 9.17) is 0 Å². The molecule has 0 unspecified atom stereocenters. The summed E-state index contributed by atoms with van der Waals surface area (Å²) in [6.07, 6.45) is 0. The quantitative estimate of drug-likeness (QED) is 0.865. The van der Waals surface area contributed by atoms with E-state index in [9.17, 15) is 9.18 Å². The number of halogens is 1. The van der Waals surface area contributed by atoms with Crippen LogP contribution in [0.4, 0.5) is 10.1 Å². The maximum Gasteiger partial charge on any atom is 0.255 e. The van der Waals surface area contributed by atoms with Crippen molar-refractivity contribution in [1.29, 1.82) is 0 Å². The summed E-state index contributed by atoms with van der Waals surface area (Å²) < 4.78 is 13.0. The Morgan fingerprint density at radius 1 is 1.05 bits per heavy atom. The highest BCUT2D eigenvalue weighted by Crippen LogP contribution is 2.19. The van der Waals surface area contributed by atoms with E-state index in [1.807, 2.05) is 32.0 Å². The van der Waals surface area contributed by atoms with Crippen LogP contribution in [0.5, 0.6) is 0 Å². The number of anilines is 1. The standard InChI is InChI=1S/C16H16FNO/c1-10-5-4-6-15(12(10)3)18-16(19)14-8-7-13(17)9-11(14)2/h4-9H,1-3H3,(H,18,19). The Balaban J connectivity index is 2.28. The predicted molar refractivity (Wildman–Crippen MR) is 75.0 cm³/mol. The molecule has 0 heterocycles. The molecule has 0 saturated carbocycles. The molecular weight excluding hydrogens is 241 g/mol. The molecule has 0 spiro atoms. The summed E-state index contributed by atoms with van der Waals surface area (Å²) in [6, 6.07) is 9.91. The van der Waals surface area contributed by atoms with Crippen LogP contribution < -0.4 is 5.32 Å². The van der Waals surface area contributed by atoms with Crippen LogP contribution in [0.2, 0.25) is 0 Å². The summed E-state index contributed by atoms with van der Waals surface area (Å²) >= 11 is 0. The van der Waals surface area contributed by atoms with E-state index in [2.05, 4.69) is 5.32 Å². The lowest BCUT2D eigenvalue weighted by Crippen LogP contribution is -2.14. The Morgan fingerprint density at radius 3 is 2.47 bits per heavy atom. The molecule has 1 amide bonds. The molecule has 98 valence electrons. The van der Waals surface area contributed by atoms with Gasteiger partial charge in [-0.25, -0.2) is 4.39 Å². The molecule has 2 nitrogen and oxygen atoms in total. The highest BCUT2D eigenvalue weighted by molar-refractivity contribution is 6.05. The third-order valence-electron chi connectivity index (χ3n) is 3.29. The first kappa shape index (κ1) is 13.3. The average Bonchev–Trinajstić information content (AvgIpc) is 2.34. The number of benzene rings is 2. The zero-order chi connectivity index (χ0) is 14.0. The van der Waals surface area contributed by atoms with Crippen molar-refractivity contribution in [1.82, 2.24) is 0 Å². The first-order valence-electron chi connectivity index (χ1n) is 6.13. The summed E-state index contributed by atoms with van der Waals surface area (Å²) in [5.41, 5.74) is 4.06. The monoisotopic (exact) mass is 257 g/mol. The predicted octanol–water partition coefficient (Wildman–Crippen LogP) is 4.00. The Bertz CT molecular complexity index is 635. The molecule has 0 aliphatic heterocycles. The first-order chi connectivity index (χ1) is 8.99. The molecule has 0 saturated heterocycles. The number of hydrogen-bond donors (Lipinski definition) is 1. The van der Waals surface area contributed by atoms with Gasteiger partial charge in [-0.1, -0.05) is 12.1 Å². The number of amides is 1. The number of aryl methyl sites for hydroxylation is 2. The van der Waals surface area contributed by atoms with Crippen LogP contribution in [0.1, 0.15) is 27.0 Å². The van der Waals surface area contributed by atoms with Gasteiger partial charge in [0.2, 0.25) is 0 Å². The lowest BCUT2D eigenvalue weighted by Gasteiger charge is -2.11. The lowest BCUT2D eigenvalue weighted by atomic mass is 10.1. The van der Waals surface area contributed by atoms with Gasteiger partial charge in [0.15, 0.2) is 0 Å². The zero-order valence-corrected chi connectivity index (χ0v) is 11.3. The molecule has 2 rings (SSSR count). The topological polar surface area (TPSA) is 29.1 Å². The fourth-order valence-corrected chi connectivity index (χ4v) is 1.96. The van der Waals surface area contributed by atoms with Crippen molar-refractivity contribution in [2.75, 3.05) is 5.32 Å². The molecule has 19 heavy (non-hydrogen) atoms. The molecule has 0 aliphatic carbocycles. The average molecular weight is 257 g/mol. The van der Waals surface area contributed by atoms with Gasteiger partial charge in [0.05, 0.1) is 0 Å². The van der Waals surface area contributed by atoms with Gasteiger partial charge in [-0.3, -0.25) is 4.79 Å². The fraction of sp³-hybridized carbons (Fsp3) is 0.188. The second kappa shape index (κ2) is 5.22. The van der Waals surface area contributed by atoms with Gasteiger partial charge in [0.1, 0.15) is 5.82 Å². The maximum atomic E-state index is 13.0. The Morgan fingerprint density at radius 2 is 1.79 bits per heavy atom. The fourth-order valence-electron chi connectivity index (χ4n) is 1.96. The molecular formula is C16H16FNO. The summed E-state index contributed by atoms with van der Waals surface area (Å²) in [5.74, 6) is -0.549. The van der Waals surface area contributed by atoms with E-state index in [0.29, 0.717) is 11.1 Å². The minimum absolute atomic E-state index is 0.216. The van der Waals surface area contributed by atoms with E-state index >= 15 is 0 Å². The van der Waals surface area contributed by atoms with Crippen molar-refractivity contribution in [3.8, 4) is 0 Å². The van der Waals surface area contributed by atoms with Crippen LogP contribution in [0, 0.1) is 26.6 Å². The van der Waals surface area contributed by atoms with E-state index < -0.39 is 0 Å². The summed E-state index contributed by atoms with van der Waals surface area (Å²) in [7, 11) is 0. The molecule has 0 bridgehead atoms. The first-order valence-corrected chi connectivity index (χ1v) is 6.13. The minimum Gasteiger partial charge on any atom is -0.322 e. The molecule has 1 N–H and O–H groups in total. The zero-order valence-electron chi connectivity index (χ0n) is 11.3. The van der Waals surface area contributed by atoms with Crippen LogP contribution in [-0.2, 0) is 0 Å². The third-order valence-corrected chi connectivity index (χ3v) is 3.29. The van der Waals surface area contributed by atoms with E-state index in [0.717, 1.165) is 16.8 Å². The molecule has 0 atom stereocenters. The van der Waals surface area contributed by atoms with Crippen LogP contribution >= 0.6 is 0 Å².